The molecule has 1 amide bonds. The van der Waals surface area contributed by atoms with Gasteiger partial charge in [-0.2, -0.15) is 5.10 Å². The fourth-order valence-corrected chi connectivity index (χ4v) is 3.59. The summed E-state index contributed by atoms with van der Waals surface area (Å²) in [7, 11) is 1.46. The van der Waals surface area contributed by atoms with Crippen molar-refractivity contribution in [1.29, 1.82) is 0 Å². The largest absolute Gasteiger partial charge is 0.451 e. The Hall–Kier alpha value is -3.26. The van der Waals surface area contributed by atoms with Crippen molar-refractivity contribution in [3.63, 3.8) is 0 Å². The third-order valence-corrected chi connectivity index (χ3v) is 5.60. The Morgan fingerprint density at radius 1 is 1.12 bits per heavy atom. The van der Waals surface area contributed by atoms with Crippen LogP contribution in [0.1, 0.15) is 42.2 Å². The lowest BCUT2D eigenvalue weighted by Gasteiger charge is -2.18. The number of esters is 1. The molecule has 7 nitrogen and oxygen atoms in total. The van der Waals surface area contributed by atoms with Crippen LogP contribution in [0, 0.1) is 5.82 Å². The van der Waals surface area contributed by atoms with Gasteiger partial charge in [-0.25, -0.2) is 13.9 Å². The van der Waals surface area contributed by atoms with Crippen molar-refractivity contribution < 1.29 is 18.7 Å². The second kappa shape index (κ2) is 11.0. The maximum Gasteiger partial charge on any atom is 0.359 e. The number of hydrogen-bond acceptors (Lipinski definition) is 5. The van der Waals surface area contributed by atoms with Gasteiger partial charge < -0.3 is 9.64 Å². The minimum absolute atomic E-state index is 0.0331. The molecule has 0 fully saturated rings. The number of fused-ring (bicyclic) bond motifs is 1. The Bertz CT molecular complexity index is 1210. The molecule has 1 heterocycles. The fraction of sp³-hybridized carbons (Fsp3) is 0.333. The van der Waals surface area contributed by atoms with Gasteiger partial charge >= 0.3 is 5.97 Å². The number of halogens is 2. The molecular weight excluding hydrogens is 449 g/mol. The lowest BCUT2D eigenvalue weighted by atomic mass is 10.1. The zero-order valence-corrected chi connectivity index (χ0v) is 19.3. The number of nitrogens with zero attached hydrogens (tertiary/aromatic N) is 3. The molecule has 174 valence electrons. The Labute approximate surface area is 195 Å². The second-order valence-corrected chi connectivity index (χ2v) is 8.06. The third kappa shape index (κ3) is 5.76. The Morgan fingerprint density at radius 3 is 2.55 bits per heavy atom. The van der Waals surface area contributed by atoms with Gasteiger partial charge in [0.05, 0.1) is 5.39 Å². The van der Waals surface area contributed by atoms with Crippen LogP contribution < -0.4 is 5.56 Å². The van der Waals surface area contributed by atoms with Crippen molar-refractivity contribution in [1.82, 2.24) is 14.7 Å². The first-order valence-electron chi connectivity index (χ1n) is 10.7. The summed E-state index contributed by atoms with van der Waals surface area (Å²) >= 11 is 6.01. The molecular formula is C24H25ClFN3O4. The molecule has 0 N–H and O–H groups in total. The highest BCUT2D eigenvalue weighted by Crippen LogP contribution is 2.20. The molecule has 3 rings (SSSR count). The number of carbonyl (C=O) groups excluding carboxylic acids is 2. The number of rotatable bonds is 9. The number of amides is 1. The lowest BCUT2D eigenvalue weighted by Crippen LogP contribution is -2.32. The van der Waals surface area contributed by atoms with Crippen molar-refractivity contribution in [3.8, 4) is 0 Å². The predicted molar refractivity (Wildman–Crippen MR) is 124 cm³/mol. The molecule has 0 radical (unpaired) electrons. The van der Waals surface area contributed by atoms with Gasteiger partial charge in [-0.3, -0.25) is 9.59 Å². The number of unbranched alkanes of at least 4 members (excludes halogenated alkanes) is 2. The van der Waals surface area contributed by atoms with Gasteiger partial charge in [0, 0.05) is 36.1 Å². The van der Waals surface area contributed by atoms with Gasteiger partial charge in [-0.1, -0.05) is 55.6 Å². The van der Waals surface area contributed by atoms with Crippen molar-refractivity contribution in [2.24, 2.45) is 0 Å². The number of ether oxygens (including phenoxy) is 1. The molecule has 0 aliphatic rings. The summed E-state index contributed by atoms with van der Waals surface area (Å²) in [5.41, 5.74) is -0.140. The van der Waals surface area contributed by atoms with Gasteiger partial charge in [0.2, 0.25) is 0 Å². The highest BCUT2D eigenvalue weighted by Gasteiger charge is 2.21. The van der Waals surface area contributed by atoms with E-state index in [2.05, 4.69) is 5.10 Å². The summed E-state index contributed by atoms with van der Waals surface area (Å²) in [6.45, 7) is 1.79. The van der Waals surface area contributed by atoms with Crippen molar-refractivity contribution in [2.75, 3.05) is 13.7 Å². The van der Waals surface area contributed by atoms with Crippen LogP contribution in [0.15, 0.2) is 47.3 Å². The summed E-state index contributed by atoms with van der Waals surface area (Å²) in [4.78, 5) is 39.2. The number of aryl methyl sites for hydroxylation is 1. The van der Waals surface area contributed by atoms with E-state index in [9.17, 15) is 18.8 Å². The van der Waals surface area contributed by atoms with E-state index in [1.807, 2.05) is 6.92 Å². The number of hydrogen-bond donors (Lipinski definition) is 0. The monoisotopic (exact) mass is 473 g/mol. The van der Waals surface area contributed by atoms with Gasteiger partial charge in [0.15, 0.2) is 12.3 Å². The molecule has 0 atom stereocenters. The average Bonchev–Trinajstić information content (AvgIpc) is 2.81. The molecule has 0 aliphatic heterocycles. The van der Waals surface area contributed by atoms with Gasteiger partial charge in [0.25, 0.3) is 11.5 Å². The average molecular weight is 474 g/mol. The lowest BCUT2D eigenvalue weighted by molar-refractivity contribution is -0.133. The Balaban J connectivity index is 1.75. The van der Waals surface area contributed by atoms with Crippen LogP contribution in [0.25, 0.3) is 10.8 Å². The maximum atomic E-state index is 14.0. The normalized spacial score (nSPS) is 10.9. The minimum atomic E-state index is -0.818. The number of aromatic nitrogens is 2. The summed E-state index contributed by atoms with van der Waals surface area (Å²) in [5, 5.41) is 5.14. The van der Waals surface area contributed by atoms with E-state index < -0.39 is 24.3 Å². The van der Waals surface area contributed by atoms with E-state index >= 15 is 0 Å². The van der Waals surface area contributed by atoms with E-state index in [-0.39, 0.29) is 28.4 Å². The first-order chi connectivity index (χ1) is 15.8. The molecule has 3 aromatic rings. The number of likely N-dealkylation sites (N-methyl/N-ethyl adjacent to an activating group) is 1. The van der Waals surface area contributed by atoms with Gasteiger partial charge in [-0.15, -0.1) is 0 Å². The van der Waals surface area contributed by atoms with E-state index in [0.29, 0.717) is 17.3 Å². The minimum Gasteiger partial charge on any atom is -0.451 e. The summed E-state index contributed by atoms with van der Waals surface area (Å²) in [6, 6.07) is 10.9. The van der Waals surface area contributed by atoms with E-state index in [4.69, 9.17) is 16.3 Å². The Morgan fingerprint density at radius 2 is 1.85 bits per heavy atom. The summed E-state index contributed by atoms with van der Waals surface area (Å²) < 4.78 is 20.5. The zero-order valence-electron chi connectivity index (χ0n) is 18.5. The zero-order chi connectivity index (χ0) is 24.0. The molecule has 0 saturated carbocycles. The summed E-state index contributed by atoms with van der Waals surface area (Å²) in [6.07, 6.45) is 2.65. The topological polar surface area (TPSA) is 81.5 Å². The van der Waals surface area contributed by atoms with Crippen molar-refractivity contribution in [3.05, 3.63) is 74.9 Å². The van der Waals surface area contributed by atoms with E-state index in [1.54, 1.807) is 24.3 Å². The number of carbonyl (C=O) groups is 2. The quantitative estimate of drug-likeness (QED) is 0.344. The second-order valence-electron chi connectivity index (χ2n) is 7.66. The van der Waals surface area contributed by atoms with E-state index in [1.165, 1.54) is 34.8 Å². The highest BCUT2D eigenvalue weighted by atomic mass is 35.5. The molecule has 33 heavy (non-hydrogen) atoms. The SMILES string of the molecule is CCCCCn1nc(C(=O)OCC(=O)N(C)Cc2c(F)cccc2Cl)c2ccccc2c1=O. The number of benzene rings is 2. The molecule has 0 unspecified atom stereocenters. The smallest absolute Gasteiger partial charge is 0.359 e. The maximum absolute atomic E-state index is 14.0. The molecule has 0 bridgehead atoms. The van der Waals surface area contributed by atoms with Crippen LogP contribution in [0.2, 0.25) is 5.02 Å². The standard InChI is InChI=1S/C24H25ClFN3O4/c1-3-4-7-13-29-23(31)17-10-6-5-9-16(17)22(27-29)24(32)33-15-21(30)28(2)14-18-19(25)11-8-12-20(18)26/h5-6,8-12H,3-4,7,13-15H2,1-2H3. The molecule has 9 heteroatoms. The van der Waals surface area contributed by atoms with Crippen molar-refractivity contribution in [2.45, 2.75) is 39.3 Å². The van der Waals surface area contributed by atoms with Gasteiger partial charge in [0.1, 0.15) is 5.82 Å². The highest BCUT2D eigenvalue weighted by molar-refractivity contribution is 6.31. The first-order valence-corrected chi connectivity index (χ1v) is 11.0. The van der Waals surface area contributed by atoms with Crippen LogP contribution in [-0.4, -0.2) is 40.2 Å². The third-order valence-electron chi connectivity index (χ3n) is 5.24. The van der Waals surface area contributed by atoms with E-state index in [0.717, 1.165) is 19.3 Å². The van der Waals surface area contributed by atoms with Crippen LogP contribution in [0.4, 0.5) is 4.39 Å². The molecule has 0 spiro atoms. The van der Waals surface area contributed by atoms with Gasteiger partial charge in [-0.05, 0) is 24.6 Å². The summed E-state index contributed by atoms with van der Waals surface area (Å²) in [5.74, 6) is -1.88. The van der Waals surface area contributed by atoms with Crippen LogP contribution in [-0.2, 0) is 22.6 Å². The van der Waals surface area contributed by atoms with Crippen LogP contribution >= 0.6 is 11.6 Å². The Kier molecular flexibility index (Phi) is 8.16. The van der Waals surface area contributed by atoms with Crippen LogP contribution in [0.5, 0.6) is 0 Å². The van der Waals surface area contributed by atoms with Crippen molar-refractivity contribution >= 4 is 34.2 Å². The molecule has 1 aromatic heterocycles. The molecule has 0 saturated heterocycles. The fourth-order valence-electron chi connectivity index (χ4n) is 3.36. The molecule has 0 aliphatic carbocycles. The predicted octanol–water partition coefficient (Wildman–Crippen LogP) is 4.19. The molecule has 2 aromatic carbocycles. The first kappa shape index (κ1) is 24.4. The van der Waals surface area contributed by atoms with Crippen LogP contribution in [0.3, 0.4) is 0 Å².